The largest absolute Gasteiger partial charge is 0.497 e. The van der Waals surface area contributed by atoms with Crippen LogP contribution in [0.5, 0.6) is 5.75 Å². The first-order valence-electron chi connectivity index (χ1n) is 11.0. The Labute approximate surface area is 200 Å². The zero-order valence-corrected chi connectivity index (χ0v) is 19.2. The summed E-state index contributed by atoms with van der Waals surface area (Å²) in [4.78, 5) is 26.4. The summed E-state index contributed by atoms with van der Waals surface area (Å²) in [5, 5.41) is 9.07. The molecule has 2 aromatic rings. The van der Waals surface area contributed by atoms with Crippen LogP contribution in [0.3, 0.4) is 0 Å². The first kappa shape index (κ1) is 26.0. The Hall–Kier alpha value is -3.60. The lowest BCUT2D eigenvalue weighted by molar-refractivity contribution is -0.139. The highest BCUT2D eigenvalue weighted by molar-refractivity contribution is 6.04. The van der Waals surface area contributed by atoms with Crippen LogP contribution in [0, 0.1) is 5.41 Å². The van der Waals surface area contributed by atoms with Crippen molar-refractivity contribution >= 4 is 17.8 Å². The number of carbonyl (C=O) groups excluding carboxylic acids is 2. The molecule has 0 saturated carbocycles. The highest BCUT2D eigenvalue weighted by Gasteiger charge is 2.37. The fourth-order valence-corrected chi connectivity index (χ4v) is 4.24. The number of methoxy groups -OCH3 is 1. The van der Waals surface area contributed by atoms with E-state index in [0.717, 1.165) is 11.6 Å². The number of rotatable bonds is 6. The van der Waals surface area contributed by atoms with Crippen LogP contribution in [-0.4, -0.2) is 48.9 Å². The lowest BCUT2D eigenvalue weighted by Crippen LogP contribution is -2.47. The number of nitrogens with two attached hydrogens (primary N) is 2. The summed E-state index contributed by atoms with van der Waals surface area (Å²) in [5.74, 6) is -1.53. The zero-order valence-electron chi connectivity index (χ0n) is 19.2. The number of ether oxygens (including phenoxy) is 1. The summed E-state index contributed by atoms with van der Waals surface area (Å²) < 4.78 is 46.5. The van der Waals surface area contributed by atoms with Gasteiger partial charge in [-0.15, -0.1) is 0 Å². The standard InChI is InChI=1S/C24H28F3N5O3/c1-35-17-5-2-14(3-6-17)12-20(28)22(34)32-10-8-15(9-11-32)18-7-4-16(21(33)31-23(29)30)13-19(18)24(25,26)27/h2-7,13,15,20H,8-12,28H2,1H3,(H4,29,30,31,33). The second kappa shape index (κ2) is 10.8. The molecule has 8 nitrogen and oxygen atoms in total. The van der Waals surface area contributed by atoms with E-state index in [2.05, 4.69) is 0 Å². The van der Waals surface area contributed by atoms with E-state index in [1.165, 1.54) is 12.1 Å². The van der Waals surface area contributed by atoms with Gasteiger partial charge in [-0.1, -0.05) is 18.2 Å². The smallest absolute Gasteiger partial charge is 0.416 e. The number of nitrogens with one attached hydrogen (secondary N) is 2. The van der Waals surface area contributed by atoms with E-state index in [-0.39, 0.29) is 30.1 Å². The van der Waals surface area contributed by atoms with Gasteiger partial charge < -0.3 is 21.1 Å². The van der Waals surface area contributed by atoms with Gasteiger partial charge in [-0.25, -0.2) is 0 Å². The fraction of sp³-hybridized carbons (Fsp3) is 0.375. The quantitative estimate of drug-likeness (QED) is 0.364. The molecule has 0 bridgehead atoms. The number of piperidine rings is 1. The van der Waals surface area contributed by atoms with E-state index in [1.807, 2.05) is 17.4 Å². The molecule has 1 unspecified atom stereocenters. The number of guanidine groups is 1. The molecule has 0 spiro atoms. The summed E-state index contributed by atoms with van der Waals surface area (Å²) in [6.07, 6.45) is -3.66. The van der Waals surface area contributed by atoms with Gasteiger partial charge in [-0.3, -0.25) is 20.3 Å². The monoisotopic (exact) mass is 491 g/mol. The van der Waals surface area contributed by atoms with Crippen LogP contribution in [0.1, 0.15) is 45.8 Å². The third-order valence-corrected chi connectivity index (χ3v) is 6.05. The third kappa shape index (κ3) is 6.50. The van der Waals surface area contributed by atoms with Crippen molar-refractivity contribution in [2.24, 2.45) is 11.5 Å². The van der Waals surface area contributed by atoms with Crippen molar-refractivity contribution in [1.29, 1.82) is 5.41 Å². The molecule has 1 fully saturated rings. The minimum atomic E-state index is -4.67. The third-order valence-electron chi connectivity index (χ3n) is 6.05. The molecule has 2 amide bonds. The van der Waals surface area contributed by atoms with Crippen molar-refractivity contribution < 1.29 is 27.5 Å². The number of alkyl halides is 3. The molecule has 0 aromatic heterocycles. The summed E-state index contributed by atoms with van der Waals surface area (Å²) >= 11 is 0. The van der Waals surface area contributed by atoms with Crippen molar-refractivity contribution in [1.82, 2.24) is 10.2 Å². The zero-order chi connectivity index (χ0) is 25.8. The van der Waals surface area contributed by atoms with Gasteiger partial charge in [-0.05, 0) is 60.6 Å². The molecular formula is C24H28F3N5O3. The van der Waals surface area contributed by atoms with E-state index in [9.17, 15) is 22.8 Å². The Kier molecular flexibility index (Phi) is 8.00. The predicted octanol–water partition coefficient (Wildman–Crippen LogP) is 2.61. The van der Waals surface area contributed by atoms with Gasteiger partial charge in [0.1, 0.15) is 5.75 Å². The predicted molar refractivity (Wildman–Crippen MR) is 124 cm³/mol. The number of hydrogen-bond acceptors (Lipinski definition) is 5. The Balaban J connectivity index is 1.67. The maximum absolute atomic E-state index is 13.8. The molecule has 2 aromatic carbocycles. The second-order valence-electron chi connectivity index (χ2n) is 8.43. The summed E-state index contributed by atoms with van der Waals surface area (Å²) in [6.45, 7) is 0.563. The maximum atomic E-state index is 13.8. The van der Waals surface area contributed by atoms with Crippen LogP contribution in [0.2, 0.25) is 0 Å². The Morgan fingerprint density at radius 3 is 2.34 bits per heavy atom. The Morgan fingerprint density at radius 1 is 1.17 bits per heavy atom. The van der Waals surface area contributed by atoms with Crippen molar-refractivity contribution in [2.75, 3.05) is 20.2 Å². The molecule has 1 aliphatic rings. The van der Waals surface area contributed by atoms with Crippen molar-refractivity contribution in [3.8, 4) is 5.75 Å². The number of benzene rings is 2. The minimum Gasteiger partial charge on any atom is -0.497 e. The molecule has 6 N–H and O–H groups in total. The first-order chi connectivity index (χ1) is 16.5. The molecule has 0 aliphatic carbocycles. The van der Waals surface area contributed by atoms with Gasteiger partial charge in [0.25, 0.3) is 5.91 Å². The van der Waals surface area contributed by atoms with Crippen LogP contribution in [-0.2, 0) is 17.4 Å². The van der Waals surface area contributed by atoms with Gasteiger partial charge in [0.15, 0.2) is 5.96 Å². The molecule has 1 heterocycles. The number of likely N-dealkylation sites (tertiary alicyclic amines) is 1. The van der Waals surface area contributed by atoms with Crippen molar-refractivity contribution in [3.05, 3.63) is 64.7 Å². The molecule has 35 heavy (non-hydrogen) atoms. The van der Waals surface area contributed by atoms with Crippen molar-refractivity contribution in [3.63, 3.8) is 0 Å². The summed E-state index contributed by atoms with van der Waals surface area (Å²) in [7, 11) is 1.56. The van der Waals surface area contributed by atoms with Gasteiger partial charge in [0.2, 0.25) is 5.91 Å². The van der Waals surface area contributed by atoms with Crippen LogP contribution in [0.15, 0.2) is 42.5 Å². The minimum absolute atomic E-state index is 0.0755. The Bertz CT molecular complexity index is 1080. The maximum Gasteiger partial charge on any atom is 0.416 e. The van der Waals surface area contributed by atoms with Gasteiger partial charge >= 0.3 is 6.18 Å². The van der Waals surface area contributed by atoms with Crippen LogP contribution >= 0.6 is 0 Å². The molecule has 3 rings (SSSR count). The highest BCUT2D eigenvalue weighted by Crippen LogP contribution is 2.39. The number of carbonyl (C=O) groups is 2. The summed E-state index contributed by atoms with van der Waals surface area (Å²) in [6, 6.07) is 9.81. The molecule has 1 aliphatic heterocycles. The number of halogens is 3. The van der Waals surface area contributed by atoms with Gasteiger partial charge in [-0.2, -0.15) is 13.2 Å². The SMILES string of the molecule is COc1ccc(CC(N)C(=O)N2CCC(c3ccc(C(=O)NC(=N)N)cc3C(F)(F)F)CC2)cc1. The van der Waals surface area contributed by atoms with Crippen molar-refractivity contribution in [2.45, 2.75) is 37.4 Å². The molecule has 1 atom stereocenters. The second-order valence-corrected chi connectivity index (χ2v) is 8.43. The van der Waals surface area contributed by atoms with E-state index in [0.29, 0.717) is 25.0 Å². The average Bonchev–Trinajstić information content (AvgIpc) is 2.82. The number of hydrogen-bond donors (Lipinski definition) is 4. The number of nitrogens with zero attached hydrogens (tertiary/aromatic N) is 1. The van der Waals surface area contributed by atoms with Crippen LogP contribution in [0.25, 0.3) is 0 Å². The van der Waals surface area contributed by atoms with Gasteiger partial charge in [0, 0.05) is 18.7 Å². The van der Waals surface area contributed by atoms with E-state index in [4.69, 9.17) is 21.6 Å². The molecule has 11 heteroatoms. The summed E-state index contributed by atoms with van der Waals surface area (Å²) in [5.41, 5.74) is 11.0. The molecular weight excluding hydrogens is 463 g/mol. The van der Waals surface area contributed by atoms with E-state index in [1.54, 1.807) is 24.1 Å². The lowest BCUT2D eigenvalue weighted by atomic mass is 9.85. The topological polar surface area (TPSA) is 135 Å². The van der Waals surface area contributed by atoms with E-state index < -0.39 is 35.6 Å². The van der Waals surface area contributed by atoms with E-state index >= 15 is 0 Å². The normalized spacial score (nSPS) is 15.4. The number of amides is 2. The molecule has 0 radical (unpaired) electrons. The highest BCUT2D eigenvalue weighted by atomic mass is 19.4. The van der Waals surface area contributed by atoms with Crippen LogP contribution < -0.4 is 21.5 Å². The Morgan fingerprint density at radius 2 is 1.80 bits per heavy atom. The lowest BCUT2D eigenvalue weighted by Gasteiger charge is -2.34. The average molecular weight is 492 g/mol. The molecule has 1 saturated heterocycles. The fourth-order valence-electron chi connectivity index (χ4n) is 4.24. The first-order valence-corrected chi connectivity index (χ1v) is 11.0. The van der Waals surface area contributed by atoms with Crippen LogP contribution in [0.4, 0.5) is 13.2 Å². The molecule has 188 valence electrons. The van der Waals surface area contributed by atoms with Gasteiger partial charge in [0.05, 0.1) is 18.7 Å².